The Bertz CT molecular complexity index is 447. The normalized spacial score (nSPS) is 11.8. The molecule has 16 heavy (non-hydrogen) atoms. The van der Waals surface area contributed by atoms with Crippen LogP contribution in [0, 0.1) is 0 Å². The molecular weight excluding hydrogens is 294 g/mol. The molecule has 0 amide bonds. The number of benzene rings is 1. The average molecular weight is 308 g/mol. The lowest BCUT2D eigenvalue weighted by atomic mass is 10.2. The first-order valence-electron chi connectivity index (χ1n) is 4.63. The van der Waals surface area contributed by atoms with Gasteiger partial charge in [-0.1, -0.05) is 34.1 Å². The lowest BCUT2D eigenvalue weighted by Crippen LogP contribution is -2.27. The summed E-state index contributed by atoms with van der Waals surface area (Å²) in [6.45, 7) is 0.304. The van der Waals surface area contributed by atoms with Crippen molar-refractivity contribution in [1.82, 2.24) is 4.31 Å². The average Bonchev–Trinajstić information content (AvgIpc) is 2.29. The molecule has 0 bridgehead atoms. The monoisotopic (exact) mass is 307 g/mol. The van der Waals surface area contributed by atoms with E-state index in [0.29, 0.717) is 12.3 Å². The molecule has 6 heteroatoms. The van der Waals surface area contributed by atoms with Gasteiger partial charge in [-0.2, -0.15) is 4.31 Å². The number of sulfonamides is 1. The molecule has 0 atom stereocenters. The lowest BCUT2D eigenvalue weighted by molar-refractivity contribution is 0.398. The van der Waals surface area contributed by atoms with Crippen LogP contribution in [0.2, 0.25) is 0 Å². The third kappa shape index (κ3) is 3.20. The van der Waals surface area contributed by atoms with E-state index in [1.54, 1.807) is 14.2 Å². The molecule has 0 saturated carbocycles. The minimum Gasteiger partial charge on any atom is -0.496 e. The molecule has 1 rings (SSSR count). The van der Waals surface area contributed by atoms with Gasteiger partial charge in [0.1, 0.15) is 10.4 Å². The summed E-state index contributed by atoms with van der Waals surface area (Å²) in [4.78, 5) is 0. The molecule has 0 aliphatic heterocycles. The highest BCUT2D eigenvalue weighted by Crippen LogP contribution is 2.20. The van der Waals surface area contributed by atoms with Crippen LogP contribution in [0.1, 0.15) is 5.56 Å². The van der Waals surface area contributed by atoms with Crippen molar-refractivity contribution in [3.63, 3.8) is 0 Å². The fourth-order valence-electron chi connectivity index (χ4n) is 1.26. The number of ether oxygens (including phenoxy) is 1. The van der Waals surface area contributed by atoms with Gasteiger partial charge in [-0.15, -0.1) is 0 Å². The Hall–Kier alpha value is -0.590. The fourth-order valence-corrected chi connectivity index (χ4v) is 2.81. The highest BCUT2D eigenvalue weighted by Gasteiger charge is 2.17. The van der Waals surface area contributed by atoms with Crippen LogP contribution >= 0.6 is 15.9 Å². The molecule has 0 radical (unpaired) electrons. The largest absolute Gasteiger partial charge is 0.496 e. The Labute approximate surface area is 104 Å². The molecule has 90 valence electrons. The molecule has 0 fully saturated rings. The topological polar surface area (TPSA) is 46.6 Å². The van der Waals surface area contributed by atoms with E-state index in [1.165, 1.54) is 4.31 Å². The Morgan fingerprint density at radius 3 is 2.56 bits per heavy atom. The summed E-state index contributed by atoms with van der Waals surface area (Å²) in [6.07, 6.45) is 0. The van der Waals surface area contributed by atoms with E-state index < -0.39 is 10.0 Å². The number of methoxy groups -OCH3 is 1. The summed E-state index contributed by atoms with van der Waals surface area (Å²) in [6, 6.07) is 7.36. The molecular formula is C10H14BrNO3S. The standard InChI is InChI=1S/C10H14BrNO3S/c1-12(16(13,14)8-11)7-9-5-3-4-6-10(9)15-2/h3-6H,7-8H2,1-2H3. The number of halogens is 1. The minimum absolute atomic E-state index is 0.0777. The zero-order valence-corrected chi connectivity index (χ0v) is 11.6. The Morgan fingerprint density at radius 1 is 1.38 bits per heavy atom. The Balaban J connectivity index is 2.89. The number of para-hydroxylation sites is 1. The van der Waals surface area contributed by atoms with Crippen molar-refractivity contribution in [3.05, 3.63) is 29.8 Å². The molecule has 0 heterocycles. The number of alkyl halides is 1. The maximum absolute atomic E-state index is 11.5. The molecule has 0 aromatic heterocycles. The number of hydrogen-bond acceptors (Lipinski definition) is 3. The predicted molar refractivity (Wildman–Crippen MR) is 67.2 cm³/mol. The fraction of sp³-hybridized carbons (Fsp3) is 0.400. The van der Waals surface area contributed by atoms with E-state index in [4.69, 9.17) is 4.74 Å². The van der Waals surface area contributed by atoms with Gasteiger partial charge in [0.2, 0.25) is 10.0 Å². The Kier molecular flexibility index (Phi) is 4.76. The second-order valence-electron chi connectivity index (χ2n) is 3.29. The highest BCUT2D eigenvalue weighted by molar-refractivity contribution is 9.10. The van der Waals surface area contributed by atoms with Crippen molar-refractivity contribution in [2.75, 3.05) is 18.8 Å². The van der Waals surface area contributed by atoms with E-state index >= 15 is 0 Å². The zero-order valence-electron chi connectivity index (χ0n) is 9.18. The Morgan fingerprint density at radius 2 is 2.00 bits per heavy atom. The first-order chi connectivity index (χ1) is 7.51. The minimum atomic E-state index is -3.23. The summed E-state index contributed by atoms with van der Waals surface area (Å²) in [5.74, 6) is 0.694. The van der Waals surface area contributed by atoms with Crippen molar-refractivity contribution >= 4 is 26.0 Å². The van der Waals surface area contributed by atoms with Crippen molar-refractivity contribution in [3.8, 4) is 5.75 Å². The third-order valence-electron chi connectivity index (χ3n) is 2.20. The van der Waals surface area contributed by atoms with Gasteiger partial charge in [-0.05, 0) is 6.07 Å². The molecule has 1 aromatic rings. The molecule has 0 saturated heterocycles. The van der Waals surface area contributed by atoms with E-state index in [0.717, 1.165) is 5.56 Å². The van der Waals surface area contributed by atoms with Crippen LogP contribution < -0.4 is 4.74 Å². The van der Waals surface area contributed by atoms with Crippen molar-refractivity contribution in [2.24, 2.45) is 0 Å². The van der Waals surface area contributed by atoms with Crippen LogP contribution in [0.15, 0.2) is 24.3 Å². The van der Waals surface area contributed by atoms with E-state index in [1.807, 2.05) is 24.3 Å². The van der Waals surface area contributed by atoms with E-state index in [9.17, 15) is 8.42 Å². The van der Waals surface area contributed by atoms with Gasteiger partial charge in [0, 0.05) is 19.2 Å². The summed E-state index contributed by atoms with van der Waals surface area (Å²) < 4.78 is 29.5. The van der Waals surface area contributed by atoms with Gasteiger partial charge in [0.05, 0.1) is 7.11 Å². The molecule has 4 nitrogen and oxygen atoms in total. The highest BCUT2D eigenvalue weighted by atomic mass is 79.9. The molecule has 0 aliphatic rings. The van der Waals surface area contributed by atoms with Crippen LogP contribution in [0.25, 0.3) is 0 Å². The third-order valence-corrected chi connectivity index (χ3v) is 5.29. The molecule has 0 unspecified atom stereocenters. The molecule has 0 spiro atoms. The quantitative estimate of drug-likeness (QED) is 0.779. The van der Waals surface area contributed by atoms with E-state index in [-0.39, 0.29) is 4.66 Å². The summed E-state index contributed by atoms with van der Waals surface area (Å²) in [7, 11) is -0.115. The second kappa shape index (κ2) is 5.65. The van der Waals surface area contributed by atoms with Crippen LogP contribution in [0.5, 0.6) is 5.75 Å². The molecule has 0 aliphatic carbocycles. The first-order valence-corrected chi connectivity index (χ1v) is 7.36. The molecule has 0 N–H and O–H groups in total. The van der Waals surface area contributed by atoms with Crippen molar-refractivity contribution < 1.29 is 13.2 Å². The predicted octanol–water partition coefficient (Wildman–Crippen LogP) is 1.81. The molecule has 1 aromatic carbocycles. The number of nitrogens with zero attached hydrogens (tertiary/aromatic N) is 1. The zero-order chi connectivity index (χ0) is 12.2. The van der Waals surface area contributed by atoms with Gasteiger partial charge in [-0.3, -0.25) is 0 Å². The van der Waals surface area contributed by atoms with Gasteiger partial charge in [0.15, 0.2) is 0 Å². The van der Waals surface area contributed by atoms with E-state index in [2.05, 4.69) is 15.9 Å². The summed E-state index contributed by atoms with van der Waals surface area (Å²) >= 11 is 2.96. The summed E-state index contributed by atoms with van der Waals surface area (Å²) in [5.41, 5.74) is 0.844. The van der Waals surface area contributed by atoms with Crippen LogP contribution in [0.4, 0.5) is 0 Å². The summed E-state index contributed by atoms with van der Waals surface area (Å²) in [5, 5.41) is 0. The van der Waals surface area contributed by atoms with Crippen LogP contribution in [0.3, 0.4) is 0 Å². The van der Waals surface area contributed by atoms with Crippen LogP contribution in [-0.2, 0) is 16.6 Å². The van der Waals surface area contributed by atoms with Gasteiger partial charge in [0.25, 0.3) is 0 Å². The van der Waals surface area contributed by atoms with Crippen molar-refractivity contribution in [2.45, 2.75) is 6.54 Å². The SMILES string of the molecule is COc1ccccc1CN(C)S(=O)(=O)CBr. The lowest BCUT2D eigenvalue weighted by Gasteiger charge is -2.17. The maximum Gasteiger partial charge on any atom is 0.224 e. The van der Waals surface area contributed by atoms with Crippen LogP contribution in [-0.4, -0.2) is 31.5 Å². The number of hydrogen-bond donors (Lipinski definition) is 0. The van der Waals surface area contributed by atoms with Crippen molar-refractivity contribution in [1.29, 1.82) is 0 Å². The van der Waals surface area contributed by atoms with Gasteiger partial charge in [-0.25, -0.2) is 8.42 Å². The smallest absolute Gasteiger partial charge is 0.224 e. The van der Waals surface area contributed by atoms with Gasteiger partial charge < -0.3 is 4.74 Å². The number of rotatable bonds is 5. The van der Waals surface area contributed by atoms with Gasteiger partial charge >= 0.3 is 0 Å². The first kappa shape index (κ1) is 13.5. The maximum atomic E-state index is 11.5. The second-order valence-corrected chi connectivity index (χ2v) is 6.67.